The summed E-state index contributed by atoms with van der Waals surface area (Å²) in [7, 11) is 1.76. The zero-order valence-corrected chi connectivity index (χ0v) is 19.4. The molecule has 2 rings (SSSR count). The van der Waals surface area contributed by atoms with Gasteiger partial charge in [-0.05, 0) is 36.6 Å². The first-order valence-corrected chi connectivity index (χ1v) is 9.45. The van der Waals surface area contributed by atoms with E-state index in [2.05, 4.69) is 40.0 Å². The lowest BCUT2D eigenvalue weighted by Crippen LogP contribution is -2.38. The van der Waals surface area contributed by atoms with E-state index >= 15 is 0 Å². The molecule has 0 spiro atoms. The van der Waals surface area contributed by atoms with Crippen molar-refractivity contribution < 1.29 is 4.79 Å². The van der Waals surface area contributed by atoms with Gasteiger partial charge < -0.3 is 16.0 Å². The number of rotatable bonds is 7. The summed E-state index contributed by atoms with van der Waals surface area (Å²) in [4.78, 5) is 16.4. The molecule has 0 aliphatic rings. The first-order chi connectivity index (χ1) is 13.0. The summed E-state index contributed by atoms with van der Waals surface area (Å²) in [6.07, 6.45) is 0.828. The lowest BCUT2D eigenvalue weighted by Gasteiger charge is -2.18. The molecule has 3 N–H and O–H groups in total. The van der Waals surface area contributed by atoms with Crippen LogP contribution in [-0.4, -0.2) is 18.9 Å². The molecule has 0 aromatic heterocycles. The van der Waals surface area contributed by atoms with Crippen LogP contribution in [0.1, 0.15) is 44.4 Å². The molecule has 28 heavy (non-hydrogen) atoms. The molecule has 0 radical (unpaired) electrons. The van der Waals surface area contributed by atoms with Crippen LogP contribution in [0.15, 0.2) is 59.6 Å². The number of benzene rings is 2. The standard InChI is InChI=1S/C22H30N4O.HI/c1-5-16(2)21(27)26-20-13-9-10-18(14-20)15-24-22(23-4)25-17(3)19-11-7-6-8-12-19;/h6-14,16-17H,5,15H2,1-4H3,(H,26,27)(H2,23,24,25);1H. The summed E-state index contributed by atoms with van der Waals surface area (Å²) in [6, 6.07) is 18.3. The number of guanidine groups is 1. The van der Waals surface area contributed by atoms with Crippen molar-refractivity contribution in [3.05, 3.63) is 65.7 Å². The Hall–Kier alpha value is -2.09. The zero-order valence-electron chi connectivity index (χ0n) is 17.0. The highest BCUT2D eigenvalue weighted by Crippen LogP contribution is 2.14. The number of hydrogen-bond donors (Lipinski definition) is 3. The number of aliphatic imine (C=N–C) groups is 1. The van der Waals surface area contributed by atoms with Gasteiger partial charge in [-0.1, -0.05) is 56.3 Å². The van der Waals surface area contributed by atoms with Crippen LogP contribution >= 0.6 is 24.0 Å². The third-order valence-electron chi connectivity index (χ3n) is 4.59. The van der Waals surface area contributed by atoms with E-state index in [-0.39, 0.29) is 41.8 Å². The summed E-state index contributed by atoms with van der Waals surface area (Å²) in [5, 5.41) is 9.69. The van der Waals surface area contributed by atoms with Gasteiger partial charge in [-0.15, -0.1) is 24.0 Å². The van der Waals surface area contributed by atoms with Gasteiger partial charge in [0.25, 0.3) is 0 Å². The summed E-state index contributed by atoms with van der Waals surface area (Å²) in [5.74, 6) is 0.798. The number of halogens is 1. The van der Waals surface area contributed by atoms with E-state index in [1.54, 1.807) is 7.05 Å². The molecule has 2 aromatic rings. The average Bonchev–Trinajstić information content (AvgIpc) is 2.71. The fourth-order valence-electron chi connectivity index (χ4n) is 2.62. The van der Waals surface area contributed by atoms with Gasteiger partial charge in [0.15, 0.2) is 5.96 Å². The molecule has 0 bridgehead atoms. The molecule has 2 atom stereocenters. The van der Waals surface area contributed by atoms with Crippen molar-refractivity contribution >= 4 is 41.5 Å². The average molecular weight is 494 g/mol. The van der Waals surface area contributed by atoms with E-state index in [4.69, 9.17) is 0 Å². The maximum absolute atomic E-state index is 12.1. The predicted molar refractivity (Wildman–Crippen MR) is 128 cm³/mol. The molecule has 5 nitrogen and oxygen atoms in total. The Kier molecular flexibility index (Phi) is 10.6. The number of nitrogens with one attached hydrogen (secondary N) is 3. The predicted octanol–water partition coefficient (Wildman–Crippen LogP) is 4.72. The maximum Gasteiger partial charge on any atom is 0.227 e. The molecular weight excluding hydrogens is 463 g/mol. The molecule has 6 heteroatoms. The Morgan fingerprint density at radius 1 is 1.07 bits per heavy atom. The van der Waals surface area contributed by atoms with E-state index < -0.39 is 0 Å². The number of carbonyl (C=O) groups is 1. The Morgan fingerprint density at radius 2 is 1.79 bits per heavy atom. The SMILES string of the molecule is CCC(C)C(=O)Nc1cccc(CNC(=NC)NC(C)c2ccccc2)c1.I. The molecule has 0 aliphatic heterocycles. The highest BCUT2D eigenvalue weighted by Gasteiger charge is 2.11. The fourth-order valence-corrected chi connectivity index (χ4v) is 2.62. The summed E-state index contributed by atoms with van der Waals surface area (Å²) in [6.45, 7) is 6.67. The largest absolute Gasteiger partial charge is 0.352 e. The molecule has 2 unspecified atom stereocenters. The number of anilines is 1. The lowest BCUT2D eigenvalue weighted by atomic mass is 10.1. The van der Waals surface area contributed by atoms with E-state index in [1.807, 2.05) is 56.3 Å². The van der Waals surface area contributed by atoms with Crippen molar-refractivity contribution in [2.24, 2.45) is 10.9 Å². The fraction of sp³-hybridized carbons (Fsp3) is 0.364. The molecular formula is C22H31IN4O. The van der Waals surface area contributed by atoms with Crippen molar-refractivity contribution in [3.8, 4) is 0 Å². The molecule has 1 amide bonds. The van der Waals surface area contributed by atoms with Crippen LogP contribution in [0, 0.1) is 5.92 Å². The van der Waals surface area contributed by atoms with Gasteiger partial charge in [-0.3, -0.25) is 9.79 Å². The van der Waals surface area contributed by atoms with Gasteiger partial charge in [0, 0.05) is 25.2 Å². The minimum absolute atomic E-state index is 0. The second-order valence-corrected chi connectivity index (χ2v) is 6.70. The zero-order chi connectivity index (χ0) is 19.6. The number of amides is 1. The minimum atomic E-state index is 0. The Labute approximate surface area is 185 Å². The van der Waals surface area contributed by atoms with Crippen molar-refractivity contribution in [2.45, 2.75) is 39.8 Å². The van der Waals surface area contributed by atoms with Crippen molar-refractivity contribution in [3.63, 3.8) is 0 Å². The lowest BCUT2D eigenvalue weighted by molar-refractivity contribution is -0.119. The highest BCUT2D eigenvalue weighted by molar-refractivity contribution is 14.0. The van der Waals surface area contributed by atoms with Crippen molar-refractivity contribution in [1.82, 2.24) is 10.6 Å². The topological polar surface area (TPSA) is 65.5 Å². The molecule has 0 saturated carbocycles. The van der Waals surface area contributed by atoms with Gasteiger partial charge in [0.2, 0.25) is 5.91 Å². The van der Waals surface area contributed by atoms with Crippen LogP contribution in [0.4, 0.5) is 5.69 Å². The van der Waals surface area contributed by atoms with Gasteiger partial charge in [-0.25, -0.2) is 0 Å². The Morgan fingerprint density at radius 3 is 2.43 bits per heavy atom. The summed E-state index contributed by atoms with van der Waals surface area (Å²) < 4.78 is 0. The minimum Gasteiger partial charge on any atom is -0.352 e. The molecule has 0 saturated heterocycles. The number of nitrogens with zero attached hydrogens (tertiary/aromatic N) is 1. The third-order valence-corrected chi connectivity index (χ3v) is 4.59. The second kappa shape index (κ2) is 12.4. The van der Waals surface area contributed by atoms with Gasteiger partial charge in [0.05, 0.1) is 6.04 Å². The van der Waals surface area contributed by atoms with Crippen LogP contribution in [0.25, 0.3) is 0 Å². The van der Waals surface area contributed by atoms with Gasteiger partial charge in [-0.2, -0.15) is 0 Å². The van der Waals surface area contributed by atoms with Crippen LogP contribution in [-0.2, 0) is 11.3 Å². The van der Waals surface area contributed by atoms with Gasteiger partial charge >= 0.3 is 0 Å². The van der Waals surface area contributed by atoms with Crippen molar-refractivity contribution in [2.75, 3.05) is 12.4 Å². The third kappa shape index (κ3) is 7.50. The van der Waals surface area contributed by atoms with E-state index in [0.29, 0.717) is 6.54 Å². The van der Waals surface area contributed by atoms with E-state index in [1.165, 1.54) is 5.56 Å². The molecule has 0 heterocycles. The Bertz CT molecular complexity index is 764. The van der Waals surface area contributed by atoms with E-state index in [9.17, 15) is 4.79 Å². The smallest absolute Gasteiger partial charge is 0.227 e. The normalized spacial score (nSPS) is 13.1. The van der Waals surface area contributed by atoms with Gasteiger partial charge in [0.1, 0.15) is 0 Å². The van der Waals surface area contributed by atoms with E-state index in [0.717, 1.165) is 23.6 Å². The first-order valence-electron chi connectivity index (χ1n) is 9.45. The number of hydrogen-bond acceptors (Lipinski definition) is 2. The highest BCUT2D eigenvalue weighted by atomic mass is 127. The maximum atomic E-state index is 12.1. The van der Waals surface area contributed by atoms with Crippen molar-refractivity contribution in [1.29, 1.82) is 0 Å². The van der Waals surface area contributed by atoms with Crippen LogP contribution in [0.5, 0.6) is 0 Å². The molecule has 0 aliphatic carbocycles. The number of carbonyl (C=O) groups excluding carboxylic acids is 1. The van der Waals surface area contributed by atoms with Crippen LogP contribution in [0.3, 0.4) is 0 Å². The summed E-state index contributed by atoms with van der Waals surface area (Å²) in [5.41, 5.74) is 3.10. The first kappa shape index (κ1) is 23.9. The Balaban J connectivity index is 0.00000392. The summed E-state index contributed by atoms with van der Waals surface area (Å²) >= 11 is 0. The van der Waals surface area contributed by atoms with Crippen LogP contribution < -0.4 is 16.0 Å². The quantitative estimate of drug-likeness (QED) is 0.297. The monoisotopic (exact) mass is 494 g/mol. The van der Waals surface area contributed by atoms with Crippen LogP contribution in [0.2, 0.25) is 0 Å². The molecule has 2 aromatic carbocycles. The molecule has 152 valence electrons. The second-order valence-electron chi connectivity index (χ2n) is 6.70. The molecule has 0 fully saturated rings.